The van der Waals surface area contributed by atoms with Gasteiger partial charge in [0.25, 0.3) is 0 Å². The van der Waals surface area contributed by atoms with E-state index in [0.29, 0.717) is 6.54 Å². The number of fused-ring (bicyclic) bond motifs is 1. The zero-order valence-electron chi connectivity index (χ0n) is 10.3. The Balaban J connectivity index is 1.76. The summed E-state index contributed by atoms with van der Waals surface area (Å²) in [7, 11) is 0. The second kappa shape index (κ2) is 5.79. The van der Waals surface area contributed by atoms with Crippen molar-refractivity contribution >= 4 is 0 Å². The standard InChI is InChI=1S/C13H16F3NO2/c14-13(15,16)8-19-7-6-17-11-5-4-10-9(11)2-1-3-12(10)18/h1-3,11,17-18H,4-8H2. The number of aromatic hydroxyl groups is 1. The minimum absolute atomic E-state index is 0.0180. The van der Waals surface area contributed by atoms with Gasteiger partial charge in [-0.15, -0.1) is 0 Å². The second-order valence-corrected chi connectivity index (χ2v) is 4.56. The molecule has 0 radical (unpaired) electrons. The number of ether oxygens (including phenoxy) is 1. The summed E-state index contributed by atoms with van der Waals surface area (Å²) in [5.41, 5.74) is 1.95. The van der Waals surface area contributed by atoms with E-state index >= 15 is 0 Å². The van der Waals surface area contributed by atoms with Gasteiger partial charge in [0, 0.05) is 12.6 Å². The molecule has 1 unspecified atom stereocenters. The highest BCUT2D eigenvalue weighted by Gasteiger charge is 2.27. The van der Waals surface area contributed by atoms with E-state index in [-0.39, 0.29) is 18.4 Å². The molecule has 1 atom stereocenters. The molecule has 1 aromatic rings. The molecule has 0 aromatic heterocycles. The molecule has 19 heavy (non-hydrogen) atoms. The molecule has 106 valence electrons. The van der Waals surface area contributed by atoms with Gasteiger partial charge in [-0.1, -0.05) is 12.1 Å². The van der Waals surface area contributed by atoms with Crippen LogP contribution in [0.4, 0.5) is 13.2 Å². The normalized spacial score (nSPS) is 18.6. The average Bonchev–Trinajstić information content (AvgIpc) is 2.72. The Kier molecular flexibility index (Phi) is 4.31. The smallest absolute Gasteiger partial charge is 0.411 e. The van der Waals surface area contributed by atoms with Crippen LogP contribution < -0.4 is 5.32 Å². The molecule has 0 aliphatic heterocycles. The summed E-state index contributed by atoms with van der Waals surface area (Å²) >= 11 is 0. The van der Waals surface area contributed by atoms with Gasteiger partial charge in [0.05, 0.1) is 6.61 Å². The molecule has 1 aliphatic rings. The summed E-state index contributed by atoms with van der Waals surface area (Å²) in [5, 5.41) is 12.8. The molecule has 0 saturated heterocycles. The van der Waals surface area contributed by atoms with Crippen LogP contribution in [0.5, 0.6) is 5.75 Å². The third-order valence-corrected chi connectivity index (χ3v) is 3.15. The quantitative estimate of drug-likeness (QED) is 0.811. The molecule has 6 heteroatoms. The van der Waals surface area contributed by atoms with Crippen LogP contribution in [0.3, 0.4) is 0 Å². The third kappa shape index (κ3) is 3.84. The van der Waals surface area contributed by atoms with Crippen LogP contribution in [0.15, 0.2) is 18.2 Å². The number of hydrogen-bond acceptors (Lipinski definition) is 3. The molecule has 0 fully saturated rings. The van der Waals surface area contributed by atoms with Crippen LogP contribution in [0.25, 0.3) is 0 Å². The molecule has 1 aromatic carbocycles. The van der Waals surface area contributed by atoms with E-state index < -0.39 is 12.8 Å². The summed E-state index contributed by atoms with van der Waals surface area (Å²) in [6.45, 7) is -0.837. The fraction of sp³-hybridized carbons (Fsp3) is 0.538. The lowest BCUT2D eigenvalue weighted by Crippen LogP contribution is -2.26. The molecule has 0 bridgehead atoms. The number of hydrogen-bond donors (Lipinski definition) is 2. The molecule has 0 heterocycles. The van der Waals surface area contributed by atoms with Gasteiger partial charge in [0.15, 0.2) is 0 Å². The molecule has 0 amide bonds. The predicted molar refractivity (Wildman–Crippen MR) is 64.0 cm³/mol. The summed E-state index contributed by atoms with van der Waals surface area (Å²) in [6, 6.07) is 5.43. The van der Waals surface area contributed by atoms with Crippen LogP contribution in [0.1, 0.15) is 23.6 Å². The van der Waals surface area contributed by atoms with Crippen LogP contribution in [0.2, 0.25) is 0 Å². The first kappa shape index (κ1) is 14.1. The van der Waals surface area contributed by atoms with Crippen molar-refractivity contribution in [1.29, 1.82) is 0 Å². The van der Waals surface area contributed by atoms with E-state index in [4.69, 9.17) is 0 Å². The maximum Gasteiger partial charge on any atom is 0.411 e. The van der Waals surface area contributed by atoms with E-state index in [2.05, 4.69) is 10.1 Å². The lowest BCUT2D eigenvalue weighted by molar-refractivity contribution is -0.173. The Labute approximate surface area is 109 Å². The summed E-state index contributed by atoms with van der Waals surface area (Å²) in [6.07, 6.45) is -2.65. The Bertz CT molecular complexity index is 434. The summed E-state index contributed by atoms with van der Waals surface area (Å²) < 4.78 is 40.1. The van der Waals surface area contributed by atoms with E-state index in [1.165, 1.54) is 0 Å². The summed E-state index contributed by atoms with van der Waals surface area (Å²) in [5.74, 6) is 0.287. The van der Waals surface area contributed by atoms with Gasteiger partial charge < -0.3 is 15.2 Å². The maximum atomic E-state index is 11.9. The van der Waals surface area contributed by atoms with Crippen molar-refractivity contribution in [2.24, 2.45) is 0 Å². The Morgan fingerprint density at radius 3 is 2.89 bits per heavy atom. The minimum atomic E-state index is -4.27. The first-order chi connectivity index (χ1) is 8.97. The number of alkyl halides is 3. The highest BCUT2D eigenvalue weighted by molar-refractivity contribution is 5.44. The number of phenols is 1. The van der Waals surface area contributed by atoms with Crippen LogP contribution in [-0.4, -0.2) is 31.0 Å². The summed E-state index contributed by atoms with van der Waals surface area (Å²) in [4.78, 5) is 0. The highest BCUT2D eigenvalue weighted by Crippen LogP contribution is 2.35. The number of benzene rings is 1. The van der Waals surface area contributed by atoms with Gasteiger partial charge in [0.2, 0.25) is 0 Å². The number of phenolic OH excluding ortho intramolecular Hbond substituents is 1. The van der Waals surface area contributed by atoms with Crippen molar-refractivity contribution in [2.75, 3.05) is 19.8 Å². The lowest BCUT2D eigenvalue weighted by Gasteiger charge is -2.14. The largest absolute Gasteiger partial charge is 0.508 e. The van der Waals surface area contributed by atoms with E-state index in [9.17, 15) is 18.3 Å². The second-order valence-electron chi connectivity index (χ2n) is 4.56. The van der Waals surface area contributed by atoms with Crippen molar-refractivity contribution in [3.05, 3.63) is 29.3 Å². The van der Waals surface area contributed by atoms with E-state index in [1.807, 2.05) is 6.07 Å². The monoisotopic (exact) mass is 275 g/mol. The Hall–Kier alpha value is -1.27. The van der Waals surface area contributed by atoms with Crippen LogP contribution >= 0.6 is 0 Å². The third-order valence-electron chi connectivity index (χ3n) is 3.15. The van der Waals surface area contributed by atoms with Crippen molar-refractivity contribution in [1.82, 2.24) is 5.32 Å². The average molecular weight is 275 g/mol. The first-order valence-corrected chi connectivity index (χ1v) is 6.16. The fourth-order valence-corrected chi connectivity index (χ4v) is 2.34. The Morgan fingerprint density at radius 1 is 1.37 bits per heavy atom. The zero-order chi connectivity index (χ0) is 13.9. The SMILES string of the molecule is Oc1cccc2c1CCC2NCCOCC(F)(F)F. The Morgan fingerprint density at radius 2 is 2.16 bits per heavy atom. The van der Waals surface area contributed by atoms with Crippen molar-refractivity contribution in [3.8, 4) is 5.75 Å². The van der Waals surface area contributed by atoms with Crippen molar-refractivity contribution in [2.45, 2.75) is 25.1 Å². The van der Waals surface area contributed by atoms with Crippen molar-refractivity contribution in [3.63, 3.8) is 0 Å². The fourth-order valence-electron chi connectivity index (χ4n) is 2.34. The molecule has 0 saturated carbocycles. The molecule has 2 N–H and O–H groups in total. The number of nitrogens with one attached hydrogen (secondary N) is 1. The minimum Gasteiger partial charge on any atom is -0.508 e. The molecular weight excluding hydrogens is 259 g/mol. The van der Waals surface area contributed by atoms with Gasteiger partial charge in [-0.3, -0.25) is 0 Å². The molecule has 0 spiro atoms. The molecule has 3 nitrogen and oxygen atoms in total. The van der Waals surface area contributed by atoms with Crippen LogP contribution in [-0.2, 0) is 11.2 Å². The number of rotatable bonds is 5. The number of halogens is 3. The maximum absolute atomic E-state index is 11.9. The molecule has 2 rings (SSSR count). The van der Waals surface area contributed by atoms with Gasteiger partial charge in [-0.25, -0.2) is 0 Å². The van der Waals surface area contributed by atoms with E-state index in [1.54, 1.807) is 12.1 Å². The van der Waals surface area contributed by atoms with Crippen molar-refractivity contribution < 1.29 is 23.0 Å². The molecule has 1 aliphatic carbocycles. The zero-order valence-corrected chi connectivity index (χ0v) is 10.3. The molecular formula is C13H16F3NO2. The lowest BCUT2D eigenvalue weighted by atomic mass is 10.1. The van der Waals surface area contributed by atoms with Gasteiger partial charge >= 0.3 is 6.18 Å². The topological polar surface area (TPSA) is 41.5 Å². The first-order valence-electron chi connectivity index (χ1n) is 6.16. The van der Waals surface area contributed by atoms with Gasteiger partial charge in [-0.05, 0) is 30.0 Å². The van der Waals surface area contributed by atoms with Gasteiger partial charge in [0.1, 0.15) is 12.4 Å². The highest BCUT2D eigenvalue weighted by atomic mass is 19.4. The van der Waals surface area contributed by atoms with Crippen LogP contribution in [0, 0.1) is 0 Å². The van der Waals surface area contributed by atoms with Gasteiger partial charge in [-0.2, -0.15) is 13.2 Å². The van der Waals surface area contributed by atoms with E-state index in [0.717, 1.165) is 24.0 Å². The predicted octanol–water partition coefficient (Wildman–Crippen LogP) is 2.55.